The summed E-state index contributed by atoms with van der Waals surface area (Å²) in [5, 5.41) is 3.19. The van der Waals surface area contributed by atoms with Gasteiger partial charge in [0.1, 0.15) is 6.54 Å². The molecule has 0 aliphatic heterocycles. The summed E-state index contributed by atoms with van der Waals surface area (Å²) in [6.07, 6.45) is 4.27. The Morgan fingerprint density at radius 3 is 2.64 bits per heavy atom. The SMILES string of the molecule is CS(=O)(=O)N(CC(=O)Nc1ccc2c(c1)CCC2)c1cccc(Cl)c1. The van der Waals surface area contributed by atoms with Crippen molar-refractivity contribution < 1.29 is 13.2 Å². The lowest BCUT2D eigenvalue weighted by Crippen LogP contribution is -2.37. The number of nitrogens with one attached hydrogen (secondary N) is 1. The molecule has 0 fully saturated rings. The average Bonchev–Trinajstić information content (AvgIpc) is 2.99. The van der Waals surface area contributed by atoms with Crippen molar-refractivity contribution in [3.8, 4) is 0 Å². The lowest BCUT2D eigenvalue weighted by Gasteiger charge is -2.22. The topological polar surface area (TPSA) is 66.5 Å². The Bertz CT molecular complexity index is 912. The minimum Gasteiger partial charge on any atom is -0.325 e. The minimum atomic E-state index is -3.62. The maximum atomic E-state index is 12.4. The highest BCUT2D eigenvalue weighted by Gasteiger charge is 2.21. The molecule has 0 unspecified atom stereocenters. The van der Waals surface area contributed by atoms with Gasteiger partial charge in [0.25, 0.3) is 0 Å². The van der Waals surface area contributed by atoms with Crippen LogP contribution in [0.2, 0.25) is 5.02 Å². The molecule has 132 valence electrons. The second-order valence-electron chi connectivity index (χ2n) is 6.13. The smallest absolute Gasteiger partial charge is 0.245 e. The molecule has 1 amide bonds. The average molecular weight is 379 g/mol. The zero-order valence-corrected chi connectivity index (χ0v) is 15.4. The van der Waals surface area contributed by atoms with Gasteiger partial charge < -0.3 is 5.32 Å². The zero-order chi connectivity index (χ0) is 18.0. The van der Waals surface area contributed by atoms with Crippen LogP contribution in [0, 0.1) is 0 Å². The van der Waals surface area contributed by atoms with E-state index in [9.17, 15) is 13.2 Å². The molecule has 3 rings (SSSR count). The molecule has 25 heavy (non-hydrogen) atoms. The van der Waals surface area contributed by atoms with E-state index in [2.05, 4.69) is 5.32 Å². The van der Waals surface area contributed by atoms with E-state index in [0.717, 1.165) is 29.8 Å². The number of benzene rings is 2. The second kappa shape index (κ2) is 7.06. The molecule has 2 aromatic carbocycles. The highest BCUT2D eigenvalue weighted by molar-refractivity contribution is 7.92. The summed E-state index contributed by atoms with van der Waals surface area (Å²) >= 11 is 5.94. The molecule has 1 aliphatic rings. The molecule has 0 aromatic heterocycles. The standard InChI is InChI=1S/C18H19ClN2O3S/c1-25(23,24)21(17-7-3-6-15(19)11-17)12-18(22)20-16-9-8-13-4-2-5-14(13)10-16/h3,6-11H,2,4-5,12H2,1H3,(H,20,22). The number of carbonyl (C=O) groups is 1. The Morgan fingerprint density at radius 2 is 1.92 bits per heavy atom. The molecule has 0 radical (unpaired) electrons. The summed E-state index contributed by atoms with van der Waals surface area (Å²) in [7, 11) is -3.62. The third-order valence-corrected chi connectivity index (χ3v) is 5.54. The third kappa shape index (κ3) is 4.32. The fourth-order valence-electron chi connectivity index (χ4n) is 3.01. The van der Waals surface area contributed by atoms with E-state index in [1.807, 2.05) is 18.2 Å². The predicted octanol–water partition coefficient (Wildman–Crippen LogP) is 3.23. The number of fused-ring (bicyclic) bond motifs is 1. The van der Waals surface area contributed by atoms with Crippen molar-refractivity contribution in [3.63, 3.8) is 0 Å². The highest BCUT2D eigenvalue weighted by atomic mass is 35.5. The Hall–Kier alpha value is -2.05. The summed E-state index contributed by atoms with van der Waals surface area (Å²) in [5.74, 6) is -0.400. The Balaban J connectivity index is 1.77. The highest BCUT2D eigenvalue weighted by Crippen LogP contribution is 2.25. The minimum absolute atomic E-state index is 0.309. The van der Waals surface area contributed by atoms with Gasteiger partial charge in [0, 0.05) is 10.7 Å². The lowest BCUT2D eigenvalue weighted by atomic mass is 10.1. The number of hydrogen-bond acceptors (Lipinski definition) is 3. The zero-order valence-electron chi connectivity index (χ0n) is 13.8. The molecule has 0 heterocycles. The van der Waals surface area contributed by atoms with Crippen molar-refractivity contribution in [1.82, 2.24) is 0 Å². The molecule has 1 aliphatic carbocycles. The van der Waals surface area contributed by atoms with Crippen molar-refractivity contribution in [2.24, 2.45) is 0 Å². The van der Waals surface area contributed by atoms with Gasteiger partial charge in [-0.2, -0.15) is 0 Å². The van der Waals surface area contributed by atoms with Crippen LogP contribution in [0.4, 0.5) is 11.4 Å². The summed E-state index contributed by atoms with van der Waals surface area (Å²) in [6.45, 7) is -0.309. The molecular weight excluding hydrogens is 360 g/mol. The van der Waals surface area contributed by atoms with Crippen LogP contribution >= 0.6 is 11.6 Å². The number of amides is 1. The molecule has 0 saturated carbocycles. The van der Waals surface area contributed by atoms with Crippen molar-refractivity contribution in [3.05, 3.63) is 58.6 Å². The van der Waals surface area contributed by atoms with Gasteiger partial charge in [-0.05, 0) is 60.7 Å². The monoisotopic (exact) mass is 378 g/mol. The molecule has 5 nitrogen and oxygen atoms in total. The number of carbonyl (C=O) groups excluding carboxylic acids is 1. The first-order chi connectivity index (χ1) is 11.8. The van der Waals surface area contributed by atoms with Gasteiger partial charge in [-0.1, -0.05) is 23.7 Å². The van der Waals surface area contributed by atoms with Crippen LogP contribution in [-0.2, 0) is 27.7 Å². The van der Waals surface area contributed by atoms with E-state index in [4.69, 9.17) is 11.6 Å². The van der Waals surface area contributed by atoms with E-state index in [0.29, 0.717) is 16.4 Å². The van der Waals surface area contributed by atoms with Gasteiger partial charge in [0.05, 0.1) is 11.9 Å². The lowest BCUT2D eigenvalue weighted by molar-refractivity contribution is -0.114. The molecule has 7 heteroatoms. The van der Waals surface area contributed by atoms with E-state index in [1.54, 1.807) is 18.2 Å². The molecule has 2 aromatic rings. The van der Waals surface area contributed by atoms with E-state index in [1.165, 1.54) is 17.2 Å². The second-order valence-corrected chi connectivity index (χ2v) is 8.48. The van der Waals surface area contributed by atoms with Crippen molar-refractivity contribution >= 4 is 38.9 Å². The summed E-state index contributed by atoms with van der Waals surface area (Å²) < 4.78 is 25.2. The maximum Gasteiger partial charge on any atom is 0.245 e. The van der Waals surface area contributed by atoms with Gasteiger partial charge in [0.2, 0.25) is 15.9 Å². The maximum absolute atomic E-state index is 12.4. The third-order valence-electron chi connectivity index (χ3n) is 4.17. The first-order valence-electron chi connectivity index (χ1n) is 7.98. The molecule has 0 spiro atoms. The Kier molecular flexibility index (Phi) is 5.01. The van der Waals surface area contributed by atoms with Crippen LogP contribution in [0.3, 0.4) is 0 Å². The predicted molar refractivity (Wildman–Crippen MR) is 101 cm³/mol. The molecule has 1 N–H and O–H groups in total. The van der Waals surface area contributed by atoms with Gasteiger partial charge >= 0.3 is 0 Å². The van der Waals surface area contributed by atoms with Gasteiger partial charge in [-0.15, -0.1) is 0 Å². The quantitative estimate of drug-likeness (QED) is 0.868. The van der Waals surface area contributed by atoms with Crippen LogP contribution < -0.4 is 9.62 Å². The van der Waals surface area contributed by atoms with Crippen LogP contribution in [0.15, 0.2) is 42.5 Å². The van der Waals surface area contributed by atoms with Crippen molar-refractivity contribution in [2.45, 2.75) is 19.3 Å². The normalized spacial score (nSPS) is 13.4. The Morgan fingerprint density at radius 1 is 1.16 bits per heavy atom. The van der Waals surface area contributed by atoms with E-state index < -0.39 is 15.9 Å². The molecular formula is C18H19ClN2O3S. The van der Waals surface area contributed by atoms with Gasteiger partial charge in [0.15, 0.2) is 0 Å². The van der Waals surface area contributed by atoms with Gasteiger partial charge in [-0.25, -0.2) is 8.42 Å². The van der Waals surface area contributed by atoms with Crippen LogP contribution in [0.5, 0.6) is 0 Å². The first-order valence-corrected chi connectivity index (χ1v) is 10.2. The fraction of sp³-hybridized carbons (Fsp3) is 0.278. The summed E-state index contributed by atoms with van der Waals surface area (Å²) in [4.78, 5) is 12.4. The van der Waals surface area contributed by atoms with Crippen molar-refractivity contribution in [2.75, 3.05) is 22.4 Å². The number of anilines is 2. The number of aryl methyl sites for hydroxylation is 2. The first kappa shape index (κ1) is 17.8. The van der Waals surface area contributed by atoms with E-state index >= 15 is 0 Å². The Labute approximate surface area is 152 Å². The van der Waals surface area contributed by atoms with Crippen molar-refractivity contribution in [1.29, 1.82) is 0 Å². The fourth-order valence-corrected chi connectivity index (χ4v) is 4.04. The number of sulfonamides is 1. The van der Waals surface area contributed by atoms with Crippen LogP contribution in [0.1, 0.15) is 17.5 Å². The summed E-state index contributed by atoms with van der Waals surface area (Å²) in [5.41, 5.74) is 3.60. The molecule has 0 atom stereocenters. The van der Waals surface area contributed by atoms with Crippen LogP contribution in [-0.4, -0.2) is 27.1 Å². The van der Waals surface area contributed by atoms with Gasteiger partial charge in [-0.3, -0.25) is 9.10 Å². The number of hydrogen-bond donors (Lipinski definition) is 1. The molecule has 0 bridgehead atoms. The van der Waals surface area contributed by atoms with E-state index in [-0.39, 0.29) is 6.54 Å². The molecule has 0 saturated heterocycles. The number of halogens is 1. The summed E-state index contributed by atoms with van der Waals surface area (Å²) in [6, 6.07) is 12.3. The number of nitrogens with zero attached hydrogens (tertiary/aromatic N) is 1. The largest absolute Gasteiger partial charge is 0.325 e. The number of rotatable bonds is 5. The van der Waals surface area contributed by atoms with Crippen LogP contribution in [0.25, 0.3) is 0 Å².